The number of halogens is 1. The van der Waals surface area contributed by atoms with E-state index in [-0.39, 0.29) is 21.8 Å². The molecule has 0 unspecified atom stereocenters. The largest absolute Gasteiger partial charge is 0.493 e. The van der Waals surface area contributed by atoms with Gasteiger partial charge in [0.05, 0.1) is 29.9 Å². The van der Waals surface area contributed by atoms with E-state index in [1.165, 1.54) is 42.5 Å². The highest BCUT2D eigenvalue weighted by atomic mass is 35.5. The number of nitrogens with one attached hydrogen (secondary N) is 2. The molecule has 0 spiro atoms. The van der Waals surface area contributed by atoms with Crippen LogP contribution in [0, 0.1) is 0 Å². The predicted molar refractivity (Wildman–Crippen MR) is 154 cm³/mol. The highest BCUT2D eigenvalue weighted by Crippen LogP contribution is 2.32. The van der Waals surface area contributed by atoms with Crippen molar-refractivity contribution in [3.63, 3.8) is 0 Å². The number of hydrogen-bond acceptors (Lipinski definition) is 7. The van der Waals surface area contributed by atoms with Gasteiger partial charge < -0.3 is 24.5 Å². The van der Waals surface area contributed by atoms with Crippen LogP contribution < -0.4 is 26.2 Å². The van der Waals surface area contributed by atoms with Crippen LogP contribution in [0.5, 0.6) is 11.5 Å². The van der Waals surface area contributed by atoms with Crippen LogP contribution in [0.3, 0.4) is 0 Å². The Hall–Kier alpha value is -4.38. The van der Waals surface area contributed by atoms with Crippen molar-refractivity contribution in [3.05, 3.63) is 87.2 Å². The number of fused-ring (bicyclic) bond motifs is 2. The molecule has 10 nitrogen and oxygen atoms in total. The highest BCUT2D eigenvalue weighted by molar-refractivity contribution is 6.34. The Bertz CT molecular complexity index is 1580. The summed E-state index contributed by atoms with van der Waals surface area (Å²) in [7, 11) is 3.04. The number of aromatic amines is 1. The molecule has 0 fully saturated rings. The van der Waals surface area contributed by atoms with E-state index >= 15 is 0 Å². The van der Waals surface area contributed by atoms with Crippen molar-refractivity contribution in [3.8, 4) is 22.6 Å². The van der Waals surface area contributed by atoms with Crippen LogP contribution in [-0.2, 0) is 4.74 Å². The number of aromatic nitrogens is 1. The number of methoxy groups -OCH3 is 2. The molecular weight excluding hydrogens is 536 g/mol. The quantitative estimate of drug-likeness (QED) is 0.104. The van der Waals surface area contributed by atoms with Crippen LogP contribution in [-0.4, -0.2) is 55.8 Å². The Morgan fingerprint density at radius 1 is 0.975 bits per heavy atom. The van der Waals surface area contributed by atoms with Gasteiger partial charge in [-0.3, -0.25) is 19.4 Å². The Morgan fingerprint density at radius 2 is 1.68 bits per heavy atom. The van der Waals surface area contributed by atoms with Gasteiger partial charge >= 0.3 is 0 Å². The molecule has 208 valence electrons. The van der Waals surface area contributed by atoms with E-state index in [2.05, 4.69) is 34.6 Å². The maximum absolute atomic E-state index is 12.9. The minimum Gasteiger partial charge on any atom is -0.493 e. The first-order valence-electron chi connectivity index (χ1n) is 12.4. The van der Waals surface area contributed by atoms with Gasteiger partial charge in [0.1, 0.15) is 12.2 Å². The van der Waals surface area contributed by atoms with Gasteiger partial charge in [0.25, 0.3) is 17.4 Å². The fourth-order valence-corrected chi connectivity index (χ4v) is 3.97. The number of hydrazine groups is 1. The molecule has 2 aliphatic carbocycles. The molecule has 0 bridgehead atoms. The lowest BCUT2D eigenvalue weighted by Gasteiger charge is -2.15. The fourth-order valence-electron chi connectivity index (χ4n) is 3.81. The second kappa shape index (κ2) is 12.6. The van der Waals surface area contributed by atoms with E-state index < -0.39 is 17.4 Å². The van der Waals surface area contributed by atoms with E-state index in [1.54, 1.807) is 26.2 Å². The number of carbonyl (C=O) groups excluding carboxylic acids is 2. The normalized spacial score (nSPS) is 10.8. The van der Waals surface area contributed by atoms with Gasteiger partial charge in [0.2, 0.25) is 0 Å². The SMILES string of the molecule is CCN(N)C(=O)c1ccc(Cl)c(NC(=O)c2cc3cc(OCCOC)c(OC)cc3[nH]c2=O)c1.c1cc2ccc1-2. The van der Waals surface area contributed by atoms with E-state index in [1.807, 2.05) is 0 Å². The van der Waals surface area contributed by atoms with Crippen molar-refractivity contribution < 1.29 is 23.8 Å². The van der Waals surface area contributed by atoms with E-state index in [4.69, 9.17) is 31.7 Å². The van der Waals surface area contributed by atoms with E-state index in [0.717, 1.165) is 5.01 Å². The number of rotatable bonds is 9. The van der Waals surface area contributed by atoms with Crippen molar-refractivity contribution in [2.24, 2.45) is 5.84 Å². The Morgan fingerprint density at radius 3 is 2.25 bits per heavy atom. The Labute approximate surface area is 235 Å². The molecule has 2 amide bonds. The molecule has 0 saturated heterocycles. The molecule has 1 heterocycles. The Balaban J connectivity index is 0.000000534. The highest BCUT2D eigenvalue weighted by Gasteiger charge is 2.18. The van der Waals surface area contributed by atoms with Crippen molar-refractivity contribution in [1.29, 1.82) is 0 Å². The van der Waals surface area contributed by atoms with Crippen molar-refractivity contribution in [2.45, 2.75) is 6.92 Å². The summed E-state index contributed by atoms with van der Waals surface area (Å²) in [6, 6.07) is 17.6. The summed E-state index contributed by atoms with van der Waals surface area (Å²) in [4.78, 5) is 40.6. The fraction of sp³-hybridized carbons (Fsp3) is 0.207. The number of ether oxygens (including phenoxy) is 3. The topological polar surface area (TPSA) is 136 Å². The summed E-state index contributed by atoms with van der Waals surface area (Å²) in [5, 5.41) is 4.37. The van der Waals surface area contributed by atoms with Crippen LogP contribution in [0.25, 0.3) is 22.0 Å². The number of nitrogens with zero attached hydrogens (tertiary/aromatic N) is 1. The van der Waals surface area contributed by atoms with Gasteiger partial charge in [-0.1, -0.05) is 35.9 Å². The van der Waals surface area contributed by atoms with E-state index in [0.29, 0.717) is 42.2 Å². The molecule has 40 heavy (non-hydrogen) atoms. The summed E-state index contributed by atoms with van der Waals surface area (Å²) in [6.07, 6.45) is 0. The van der Waals surface area contributed by atoms with Crippen LogP contribution in [0.1, 0.15) is 27.6 Å². The maximum atomic E-state index is 12.9. The average molecular weight is 565 g/mol. The number of nitrogens with two attached hydrogens (primary N) is 1. The first-order valence-corrected chi connectivity index (χ1v) is 12.8. The zero-order valence-electron chi connectivity index (χ0n) is 22.2. The summed E-state index contributed by atoms with van der Waals surface area (Å²) < 4.78 is 16.0. The van der Waals surface area contributed by atoms with E-state index in [9.17, 15) is 14.4 Å². The summed E-state index contributed by atoms with van der Waals surface area (Å²) in [5.41, 5.74) is 2.96. The molecular formula is C29H29ClN4O6. The van der Waals surface area contributed by atoms with Gasteiger partial charge in [-0.25, -0.2) is 5.84 Å². The zero-order valence-corrected chi connectivity index (χ0v) is 23.0. The van der Waals surface area contributed by atoms with Crippen LogP contribution in [0.2, 0.25) is 5.02 Å². The molecule has 0 aliphatic heterocycles. The standard InChI is InChI=1S/C23H25ClN4O6.C6H4/c1-4-28(25)23(31)13-5-6-16(24)18(10-13)27-22(30)15-9-14-11-20(34-8-7-32-2)19(33-3)12-17(14)26-21(15)29;1-2-6-4-3-5(1)6/h5-6,9-12H,4,7-8,25H2,1-3H3,(H,26,29)(H,27,30);1-4H. The first-order chi connectivity index (χ1) is 19.2. The third-order valence-electron chi connectivity index (χ3n) is 6.20. The molecule has 1 aromatic heterocycles. The average Bonchev–Trinajstić information content (AvgIpc) is 2.95. The molecule has 3 aromatic rings. The molecule has 2 aliphatic rings. The molecule has 5 rings (SSSR count). The van der Waals surface area contributed by atoms with Gasteiger partial charge in [-0.15, -0.1) is 0 Å². The number of carbonyl (C=O) groups is 2. The second-order valence-corrected chi connectivity index (χ2v) is 9.17. The lowest BCUT2D eigenvalue weighted by molar-refractivity contribution is 0.0764. The zero-order chi connectivity index (χ0) is 28.8. The first kappa shape index (κ1) is 28.6. The van der Waals surface area contributed by atoms with Crippen LogP contribution in [0.4, 0.5) is 5.69 Å². The minimum atomic E-state index is -0.701. The van der Waals surface area contributed by atoms with Gasteiger partial charge in [-0.05, 0) is 48.4 Å². The molecule has 11 heteroatoms. The summed E-state index contributed by atoms with van der Waals surface area (Å²) in [6.45, 7) is 2.70. The minimum absolute atomic E-state index is 0.151. The Kier molecular flexibility index (Phi) is 9.05. The lowest BCUT2D eigenvalue weighted by Crippen LogP contribution is -2.37. The number of H-pyrrole nitrogens is 1. The molecule has 0 atom stereocenters. The molecule has 0 radical (unpaired) electrons. The van der Waals surface area contributed by atoms with Gasteiger partial charge in [0.15, 0.2) is 11.5 Å². The smallest absolute Gasteiger partial charge is 0.267 e. The predicted octanol–water partition coefficient (Wildman–Crippen LogP) is 4.47. The van der Waals surface area contributed by atoms with Crippen molar-refractivity contribution in [2.75, 3.05) is 39.3 Å². The molecule has 0 saturated carbocycles. The van der Waals surface area contributed by atoms with Crippen molar-refractivity contribution >= 4 is 40.0 Å². The number of benzene rings is 3. The second-order valence-electron chi connectivity index (χ2n) is 8.76. The number of hydrogen-bond donors (Lipinski definition) is 3. The summed E-state index contributed by atoms with van der Waals surface area (Å²) in [5.74, 6) is 5.38. The lowest BCUT2D eigenvalue weighted by atomic mass is 9.95. The van der Waals surface area contributed by atoms with Gasteiger partial charge in [-0.2, -0.15) is 0 Å². The number of anilines is 1. The third-order valence-corrected chi connectivity index (χ3v) is 6.53. The number of pyridine rings is 1. The van der Waals surface area contributed by atoms with Crippen LogP contribution >= 0.6 is 11.6 Å². The third kappa shape index (κ3) is 6.26. The molecule has 4 N–H and O–H groups in total. The van der Waals surface area contributed by atoms with Crippen molar-refractivity contribution in [1.82, 2.24) is 9.99 Å². The van der Waals surface area contributed by atoms with Gasteiger partial charge in [0, 0.05) is 30.7 Å². The summed E-state index contributed by atoms with van der Waals surface area (Å²) >= 11 is 6.20. The van der Waals surface area contributed by atoms with Crippen LogP contribution in [0.15, 0.2) is 65.5 Å². The number of amides is 2. The monoisotopic (exact) mass is 564 g/mol. The molecule has 2 aromatic carbocycles. The maximum Gasteiger partial charge on any atom is 0.267 e.